The standard InChI is InChI=1S/C17H21F3N4O4S2/c1-12-16(13(2)22-21-12)30(27,28)24-8-4-7-23(9-10-24)29(25,26)15-6-3-5-14(11-15)17(18,19)20/h3,5-6,11H,4,7-10H2,1-2H3,(H,21,22). The summed E-state index contributed by atoms with van der Waals surface area (Å²) in [6.45, 7) is 2.92. The molecule has 0 bridgehead atoms. The number of sulfonamides is 2. The van der Waals surface area contributed by atoms with Crippen LogP contribution in [0.5, 0.6) is 0 Å². The summed E-state index contributed by atoms with van der Waals surface area (Å²) in [4.78, 5) is -0.424. The van der Waals surface area contributed by atoms with Crippen LogP contribution in [0.4, 0.5) is 13.2 Å². The van der Waals surface area contributed by atoms with Gasteiger partial charge in [0, 0.05) is 26.2 Å². The van der Waals surface area contributed by atoms with Gasteiger partial charge in [0.15, 0.2) is 0 Å². The third-order valence-electron chi connectivity index (χ3n) is 4.87. The maximum absolute atomic E-state index is 13.0. The topological polar surface area (TPSA) is 103 Å². The number of aromatic amines is 1. The highest BCUT2D eigenvalue weighted by Crippen LogP contribution is 2.31. The lowest BCUT2D eigenvalue weighted by Gasteiger charge is -2.22. The second kappa shape index (κ2) is 7.94. The van der Waals surface area contributed by atoms with Gasteiger partial charge in [0.2, 0.25) is 20.0 Å². The molecule has 166 valence electrons. The Hall–Kier alpha value is -1.96. The Morgan fingerprint density at radius 3 is 2.10 bits per heavy atom. The number of benzene rings is 1. The van der Waals surface area contributed by atoms with Crippen molar-refractivity contribution in [3.05, 3.63) is 41.2 Å². The van der Waals surface area contributed by atoms with E-state index in [-0.39, 0.29) is 37.5 Å². The van der Waals surface area contributed by atoms with E-state index in [1.54, 1.807) is 13.8 Å². The first-order chi connectivity index (χ1) is 13.8. The SMILES string of the molecule is Cc1n[nH]c(C)c1S(=O)(=O)N1CCCN(S(=O)(=O)c2cccc(C(F)(F)F)c2)CC1. The molecule has 1 saturated heterocycles. The molecular formula is C17H21F3N4O4S2. The fraction of sp³-hybridized carbons (Fsp3) is 0.471. The van der Waals surface area contributed by atoms with Crippen molar-refractivity contribution in [2.45, 2.75) is 36.2 Å². The highest BCUT2D eigenvalue weighted by molar-refractivity contribution is 7.89. The molecule has 1 aliphatic heterocycles. The van der Waals surface area contributed by atoms with Crippen molar-refractivity contribution in [2.24, 2.45) is 0 Å². The molecule has 0 saturated carbocycles. The maximum atomic E-state index is 13.0. The minimum absolute atomic E-state index is 0.00600. The highest BCUT2D eigenvalue weighted by Gasteiger charge is 2.36. The Labute approximate surface area is 172 Å². The Bertz CT molecular complexity index is 1120. The van der Waals surface area contributed by atoms with Crippen molar-refractivity contribution < 1.29 is 30.0 Å². The Kier molecular flexibility index (Phi) is 6.02. The van der Waals surface area contributed by atoms with E-state index in [2.05, 4.69) is 10.2 Å². The van der Waals surface area contributed by atoms with Gasteiger partial charge in [-0.15, -0.1) is 0 Å². The summed E-state index contributed by atoms with van der Waals surface area (Å²) in [5.74, 6) is 0. The molecule has 2 heterocycles. The molecule has 0 aliphatic carbocycles. The van der Waals surface area contributed by atoms with E-state index in [9.17, 15) is 30.0 Å². The summed E-state index contributed by atoms with van der Waals surface area (Å²) >= 11 is 0. The van der Waals surface area contributed by atoms with Gasteiger partial charge in [0.1, 0.15) is 4.90 Å². The highest BCUT2D eigenvalue weighted by atomic mass is 32.2. The molecule has 1 fully saturated rings. The van der Waals surface area contributed by atoms with Gasteiger partial charge >= 0.3 is 6.18 Å². The van der Waals surface area contributed by atoms with E-state index in [0.717, 1.165) is 22.5 Å². The average Bonchev–Trinajstić information content (AvgIpc) is 2.86. The van der Waals surface area contributed by atoms with Crippen molar-refractivity contribution in [1.29, 1.82) is 0 Å². The summed E-state index contributed by atoms with van der Waals surface area (Å²) in [6.07, 6.45) is -4.47. The maximum Gasteiger partial charge on any atom is 0.416 e. The van der Waals surface area contributed by atoms with Crippen molar-refractivity contribution in [3.8, 4) is 0 Å². The van der Waals surface area contributed by atoms with E-state index >= 15 is 0 Å². The van der Waals surface area contributed by atoms with E-state index < -0.39 is 36.7 Å². The molecule has 1 aromatic heterocycles. The number of alkyl halides is 3. The van der Waals surface area contributed by atoms with E-state index in [1.807, 2.05) is 0 Å². The number of nitrogens with zero attached hydrogens (tertiary/aromatic N) is 3. The number of nitrogens with one attached hydrogen (secondary N) is 1. The molecule has 8 nitrogen and oxygen atoms in total. The number of aromatic nitrogens is 2. The summed E-state index contributed by atoms with van der Waals surface area (Å²) in [7, 11) is -8.11. The molecule has 0 radical (unpaired) electrons. The van der Waals surface area contributed by atoms with Gasteiger partial charge in [-0.1, -0.05) is 6.07 Å². The number of aryl methyl sites for hydroxylation is 2. The molecular weight excluding hydrogens is 445 g/mol. The van der Waals surface area contributed by atoms with Crippen LogP contribution in [-0.4, -0.2) is 61.8 Å². The first-order valence-electron chi connectivity index (χ1n) is 9.04. The van der Waals surface area contributed by atoms with Gasteiger partial charge in [0.05, 0.1) is 21.8 Å². The minimum Gasteiger partial charge on any atom is -0.281 e. The van der Waals surface area contributed by atoms with Crippen LogP contribution in [-0.2, 0) is 26.2 Å². The van der Waals surface area contributed by atoms with Crippen LogP contribution in [0.25, 0.3) is 0 Å². The summed E-state index contributed by atoms with van der Waals surface area (Å²) in [5.41, 5.74) is -0.371. The largest absolute Gasteiger partial charge is 0.416 e. The van der Waals surface area contributed by atoms with Crippen LogP contribution in [0.1, 0.15) is 23.4 Å². The zero-order valence-corrected chi connectivity index (χ0v) is 17.9. The first kappa shape index (κ1) is 22.7. The number of hydrogen-bond acceptors (Lipinski definition) is 5. The molecule has 0 amide bonds. The Balaban J connectivity index is 1.85. The molecule has 3 rings (SSSR count). The van der Waals surface area contributed by atoms with Crippen LogP contribution in [0.2, 0.25) is 0 Å². The molecule has 1 N–H and O–H groups in total. The minimum atomic E-state index is -4.67. The fourth-order valence-electron chi connectivity index (χ4n) is 3.38. The number of halogens is 3. The van der Waals surface area contributed by atoms with Gasteiger partial charge in [0.25, 0.3) is 0 Å². The summed E-state index contributed by atoms with van der Waals surface area (Å²) < 4.78 is 92.8. The number of hydrogen-bond donors (Lipinski definition) is 1. The smallest absolute Gasteiger partial charge is 0.281 e. The molecule has 13 heteroatoms. The monoisotopic (exact) mass is 466 g/mol. The van der Waals surface area contributed by atoms with Crippen LogP contribution in [0, 0.1) is 13.8 Å². The van der Waals surface area contributed by atoms with Gasteiger partial charge in [-0.3, -0.25) is 5.10 Å². The predicted molar refractivity (Wildman–Crippen MR) is 102 cm³/mol. The van der Waals surface area contributed by atoms with Crippen molar-refractivity contribution in [3.63, 3.8) is 0 Å². The summed E-state index contributed by atoms with van der Waals surface area (Å²) in [5, 5.41) is 6.51. The van der Waals surface area contributed by atoms with Crippen LogP contribution in [0.3, 0.4) is 0 Å². The van der Waals surface area contributed by atoms with E-state index in [1.165, 1.54) is 4.31 Å². The second-order valence-corrected chi connectivity index (χ2v) is 10.8. The van der Waals surface area contributed by atoms with Crippen molar-refractivity contribution >= 4 is 20.0 Å². The van der Waals surface area contributed by atoms with Crippen LogP contribution < -0.4 is 0 Å². The quantitative estimate of drug-likeness (QED) is 0.744. The first-order valence-corrected chi connectivity index (χ1v) is 11.9. The zero-order valence-electron chi connectivity index (χ0n) is 16.3. The van der Waals surface area contributed by atoms with Gasteiger partial charge in [-0.25, -0.2) is 16.8 Å². The van der Waals surface area contributed by atoms with Gasteiger partial charge in [-0.05, 0) is 38.5 Å². The summed E-state index contributed by atoms with van der Waals surface area (Å²) in [6, 6.07) is 3.52. The molecule has 1 aliphatic rings. The van der Waals surface area contributed by atoms with E-state index in [4.69, 9.17) is 0 Å². The Morgan fingerprint density at radius 2 is 1.57 bits per heavy atom. The lowest BCUT2D eigenvalue weighted by atomic mass is 10.2. The fourth-order valence-corrected chi connectivity index (χ4v) is 6.70. The van der Waals surface area contributed by atoms with Crippen molar-refractivity contribution in [1.82, 2.24) is 18.8 Å². The molecule has 1 aromatic carbocycles. The lowest BCUT2D eigenvalue weighted by molar-refractivity contribution is -0.137. The normalized spacial score (nSPS) is 17.8. The third-order valence-corrected chi connectivity index (χ3v) is 8.93. The van der Waals surface area contributed by atoms with E-state index in [0.29, 0.717) is 17.5 Å². The van der Waals surface area contributed by atoms with Crippen LogP contribution >= 0.6 is 0 Å². The molecule has 2 aromatic rings. The van der Waals surface area contributed by atoms with Gasteiger partial charge < -0.3 is 0 Å². The van der Waals surface area contributed by atoms with Crippen molar-refractivity contribution in [2.75, 3.05) is 26.2 Å². The lowest BCUT2D eigenvalue weighted by Crippen LogP contribution is -2.37. The number of rotatable bonds is 4. The Morgan fingerprint density at radius 1 is 0.967 bits per heavy atom. The van der Waals surface area contributed by atoms with Gasteiger partial charge in [-0.2, -0.15) is 26.9 Å². The van der Waals surface area contributed by atoms with Crippen LogP contribution in [0.15, 0.2) is 34.1 Å². The molecule has 30 heavy (non-hydrogen) atoms. The third kappa shape index (κ3) is 4.24. The zero-order chi connectivity index (χ0) is 22.3. The second-order valence-electron chi connectivity index (χ2n) is 6.95. The molecule has 0 spiro atoms. The molecule has 0 unspecified atom stereocenters. The molecule has 0 atom stereocenters. The average molecular weight is 467 g/mol. The predicted octanol–water partition coefficient (Wildman–Crippen LogP) is 2.13. The number of H-pyrrole nitrogens is 1.